The Labute approximate surface area is 114 Å². The van der Waals surface area contributed by atoms with Crippen molar-refractivity contribution < 1.29 is 18.3 Å². The van der Waals surface area contributed by atoms with E-state index in [0.29, 0.717) is 5.56 Å². The maximum Gasteiger partial charge on any atom is 0.337 e. The first-order valence-electron chi connectivity index (χ1n) is 5.89. The molecule has 4 heteroatoms. The Balaban J connectivity index is 2.27. The molecule has 0 fully saturated rings. The molecule has 0 heterocycles. The Hall–Kier alpha value is -2.25. The smallest absolute Gasteiger partial charge is 0.337 e. The lowest BCUT2D eigenvalue weighted by Gasteiger charge is -2.17. The van der Waals surface area contributed by atoms with Gasteiger partial charge in [-0.15, -0.1) is 0 Å². The van der Waals surface area contributed by atoms with Crippen LogP contribution in [0.4, 0.5) is 13.2 Å². The molecule has 0 saturated heterocycles. The molecule has 2 aromatic carbocycles. The SMILES string of the molecule is OC(c1ccccc1F)C(F)(F)C#Cc1ccccc1. The van der Waals surface area contributed by atoms with Crippen LogP contribution in [0, 0.1) is 17.7 Å². The van der Waals surface area contributed by atoms with Gasteiger partial charge in [0.2, 0.25) is 0 Å². The van der Waals surface area contributed by atoms with Gasteiger partial charge in [-0.25, -0.2) is 4.39 Å². The van der Waals surface area contributed by atoms with Gasteiger partial charge in [-0.3, -0.25) is 0 Å². The Morgan fingerprint density at radius 1 is 0.950 bits per heavy atom. The van der Waals surface area contributed by atoms with Crippen molar-refractivity contribution >= 4 is 0 Å². The molecular weight excluding hydrogens is 265 g/mol. The molecule has 0 spiro atoms. The predicted molar refractivity (Wildman–Crippen MR) is 69.6 cm³/mol. The highest BCUT2D eigenvalue weighted by atomic mass is 19.3. The number of aliphatic hydroxyl groups excluding tert-OH is 1. The molecule has 1 N–H and O–H groups in total. The molecule has 0 bridgehead atoms. The third-order valence-electron chi connectivity index (χ3n) is 2.69. The number of hydrogen-bond acceptors (Lipinski definition) is 1. The quantitative estimate of drug-likeness (QED) is 0.832. The summed E-state index contributed by atoms with van der Waals surface area (Å²) < 4.78 is 40.9. The second-order valence-electron chi connectivity index (χ2n) is 4.16. The van der Waals surface area contributed by atoms with Crippen molar-refractivity contribution in [1.82, 2.24) is 0 Å². The normalized spacial score (nSPS) is 12.4. The van der Waals surface area contributed by atoms with Gasteiger partial charge in [0.25, 0.3) is 0 Å². The van der Waals surface area contributed by atoms with Gasteiger partial charge in [0, 0.05) is 11.1 Å². The Morgan fingerprint density at radius 3 is 2.20 bits per heavy atom. The number of alkyl halides is 2. The molecular formula is C16H11F3O. The maximum absolute atomic E-state index is 13.8. The van der Waals surface area contributed by atoms with E-state index < -0.39 is 23.4 Å². The summed E-state index contributed by atoms with van der Waals surface area (Å²) in [5, 5.41) is 9.61. The number of benzene rings is 2. The van der Waals surface area contributed by atoms with Crippen molar-refractivity contribution in [2.45, 2.75) is 12.0 Å². The van der Waals surface area contributed by atoms with Crippen molar-refractivity contribution in [2.24, 2.45) is 0 Å². The van der Waals surface area contributed by atoms with Crippen LogP contribution in [0.15, 0.2) is 54.6 Å². The highest BCUT2D eigenvalue weighted by Crippen LogP contribution is 2.32. The number of aliphatic hydroxyl groups is 1. The van der Waals surface area contributed by atoms with Crippen LogP contribution in [-0.4, -0.2) is 11.0 Å². The summed E-state index contributed by atoms with van der Waals surface area (Å²) in [6.07, 6.45) is -2.31. The van der Waals surface area contributed by atoms with Crippen LogP contribution in [-0.2, 0) is 0 Å². The molecule has 1 nitrogen and oxygen atoms in total. The van der Waals surface area contributed by atoms with E-state index in [4.69, 9.17) is 0 Å². The topological polar surface area (TPSA) is 20.2 Å². The van der Waals surface area contributed by atoms with Crippen LogP contribution in [0.5, 0.6) is 0 Å². The average molecular weight is 276 g/mol. The summed E-state index contributed by atoms with van der Waals surface area (Å²) in [6, 6.07) is 13.1. The molecule has 0 aliphatic carbocycles. The van der Waals surface area contributed by atoms with E-state index >= 15 is 0 Å². The molecule has 0 amide bonds. The number of rotatable bonds is 2. The Morgan fingerprint density at radius 2 is 1.55 bits per heavy atom. The monoisotopic (exact) mass is 276 g/mol. The fraction of sp³-hybridized carbons (Fsp3) is 0.125. The highest BCUT2D eigenvalue weighted by Gasteiger charge is 2.39. The molecule has 1 atom stereocenters. The maximum atomic E-state index is 13.8. The van der Waals surface area contributed by atoms with E-state index in [-0.39, 0.29) is 0 Å². The van der Waals surface area contributed by atoms with E-state index in [1.807, 2.05) is 0 Å². The summed E-state index contributed by atoms with van der Waals surface area (Å²) in [5.74, 6) is -0.652. The largest absolute Gasteiger partial charge is 0.381 e. The van der Waals surface area contributed by atoms with Crippen LogP contribution < -0.4 is 0 Å². The fourth-order valence-electron chi connectivity index (χ4n) is 1.64. The van der Waals surface area contributed by atoms with Crippen molar-refractivity contribution in [3.63, 3.8) is 0 Å². The van der Waals surface area contributed by atoms with Crippen LogP contribution >= 0.6 is 0 Å². The van der Waals surface area contributed by atoms with Crippen LogP contribution in [0.25, 0.3) is 0 Å². The van der Waals surface area contributed by atoms with Crippen LogP contribution in [0.1, 0.15) is 17.2 Å². The summed E-state index contributed by atoms with van der Waals surface area (Å²) in [5.41, 5.74) is -0.0761. The summed E-state index contributed by atoms with van der Waals surface area (Å²) in [6.45, 7) is 0. The second-order valence-corrected chi connectivity index (χ2v) is 4.16. The lowest BCUT2D eigenvalue weighted by Crippen LogP contribution is -2.25. The summed E-state index contributed by atoms with van der Waals surface area (Å²) >= 11 is 0. The van der Waals surface area contributed by atoms with E-state index in [1.54, 1.807) is 36.3 Å². The van der Waals surface area contributed by atoms with Gasteiger partial charge in [0.05, 0.1) is 0 Å². The van der Waals surface area contributed by atoms with Gasteiger partial charge in [-0.05, 0) is 24.1 Å². The predicted octanol–water partition coefficient (Wildman–Crippen LogP) is 3.55. The average Bonchev–Trinajstić information content (AvgIpc) is 2.46. The fourth-order valence-corrected chi connectivity index (χ4v) is 1.64. The first-order valence-corrected chi connectivity index (χ1v) is 5.89. The molecule has 2 aromatic rings. The van der Waals surface area contributed by atoms with Gasteiger partial charge >= 0.3 is 5.92 Å². The zero-order valence-electron chi connectivity index (χ0n) is 10.4. The molecule has 0 aliphatic heterocycles. The Bertz CT molecular complexity index is 642. The number of hydrogen-bond donors (Lipinski definition) is 1. The second kappa shape index (κ2) is 5.81. The lowest BCUT2D eigenvalue weighted by molar-refractivity contribution is -0.0650. The third kappa shape index (κ3) is 3.19. The standard InChI is InChI=1S/C16H11F3O/c17-14-9-5-4-8-13(14)15(20)16(18,19)11-10-12-6-2-1-3-7-12/h1-9,15,20H. The lowest BCUT2D eigenvalue weighted by atomic mass is 10.0. The number of halogens is 3. The first-order chi connectivity index (χ1) is 9.50. The molecule has 1 unspecified atom stereocenters. The molecule has 2 rings (SSSR count). The summed E-state index contributed by atoms with van der Waals surface area (Å²) in [4.78, 5) is 0. The minimum absolute atomic E-state index is 0.396. The van der Waals surface area contributed by atoms with Gasteiger partial charge in [0.15, 0.2) is 6.10 Å². The van der Waals surface area contributed by atoms with Crippen LogP contribution in [0.2, 0.25) is 0 Å². The van der Waals surface area contributed by atoms with Gasteiger partial charge in [-0.2, -0.15) is 8.78 Å². The molecule has 0 radical (unpaired) electrons. The van der Waals surface area contributed by atoms with E-state index in [1.165, 1.54) is 12.1 Å². The molecule has 0 saturated carbocycles. The van der Waals surface area contributed by atoms with Crippen LogP contribution in [0.3, 0.4) is 0 Å². The van der Waals surface area contributed by atoms with Crippen molar-refractivity contribution in [3.05, 3.63) is 71.5 Å². The van der Waals surface area contributed by atoms with E-state index in [0.717, 1.165) is 12.1 Å². The molecule has 0 aliphatic rings. The van der Waals surface area contributed by atoms with Crippen molar-refractivity contribution in [2.75, 3.05) is 0 Å². The van der Waals surface area contributed by atoms with Crippen molar-refractivity contribution in [1.29, 1.82) is 0 Å². The minimum Gasteiger partial charge on any atom is -0.381 e. The van der Waals surface area contributed by atoms with E-state index in [9.17, 15) is 18.3 Å². The van der Waals surface area contributed by atoms with Gasteiger partial charge in [-0.1, -0.05) is 42.3 Å². The highest BCUT2D eigenvalue weighted by molar-refractivity contribution is 5.36. The molecule has 102 valence electrons. The van der Waals surface area contributed by atoms with Gasteiger partial charge < -0.3 is 5.11 Å². The Kier molecular flexibility index (Phi) is 4.11. The zero-order chi connectivity index (χ0) is 14.6. The first kappa shape index (κ1) is 14.2. The molecule has 0 aromatic heterocycles. The molecule has 20 heavy (non-hydrogen) atoms. The zero-order valence-corrected chi connectivity index (χ0v) is 10.4. The van der Waals surface area contributed by atoms with Crippen molar-refractivity contribution in [3.8, 4) is 11.8 Å². The third-order valence-corrected chi connectivity index (χ3v) is 2.69. The summed E-state index contributed by atoms with van der Waals surface area (Å²) in [7, 11) is 0. The minimum atomic E-state index is -3.74. The van der Waals surface area contributed by atoms with E-state index in [2.05, 4.69) is 5.92 Å². The van der Waals surface area contributed by atoms with Gasteiger partial charge in [0.1, 0.15) is 5.82 Å².